The molecule has 8 nitrogen and oxygen atoms in total. The molecule has 6 rings (SSSR count). The van der Waals surface area contributed by atoms with E-state index in [2.05, 4.69) is 0 Å². The van der Waals surface area contributed by atoms with E-state index in [9.17, 15) is 9.59 Å². The molecule has 3 aromatic carbocycles. The maximum atomic E-state index is 14.3. The van der Waals surface area contributed by atoms with Crippen molar-refractivity contribution >= 4 is 52.3 Å². The maximum Gasteiger partial charge on any atom is 0.338 e. The molecule has 0 aliphatic carbocycles. The van der Waals surface area contributed by atoms with Crippen LogP contribution in [-0.2, 0) is 9.53 Å². The van der Waals surface area contributed by atoms with Crippen molar-refractivity contribution in [2.24, 2.45) is 4.99 Å². The second-order valence-electron chi connectivity index (χ2n) is 10.3. The van der Waals surface area contributed by atoms with Crippen LogP contribution in [0.15, 0.2) is 98.6 Å². The van der Waals surface area contributed by atoms with Gasteiger partial charge in [-0.05, 0) is 62.7 Å². The average molecular weight is 690 g/mol. The molecule has 5 aromatic rings. The molecule has 47 heavy (non-hydrogen) atoms. The van der Waals surface area contributed by atoms with Crippen LogP contribution in [0.1, 0.15) is 43.7 Å². The Labute approximate surface area is 284 Å². The molecular weight excluding hydrogens is 659 g/mol. The van der Waals surface area contributed by atoms with Crippen molar-refractivity contribution in [1.29, 1.82) is 0 Å². The SMILES string of the molecule is CCOC(=O)C1=C(c2ccccc2)N=c2s/c(=C\c3ccc(-c4cccc(Cl)c4Cl)o3)c(=O)n2C1c1ccc(OCC)c(OCC)c1. The van der Waals surface area contributed by atoms with E-state index in [1.807, 2.05) is 50.2 Å². The number of rotatable bonds is 10. The Bertz CT molecular complexity index is 2170. The van der Waals surface area contributed by atoms with Gasteiger partial charge in [0.1, 0.15) is 11.5 Å². The lowest BCUT2D eigenvalue weighted by molar-refractivity contribution is -0.138. The smallest absolute Gasteiger partial charge is 0.338 e. The fourth-order valence-corrected chi connectivity index (χ4v) is 6.77. The zero-order valence-corrected chi connectivity index (χ0v) is 28.1. The quantitative estimate of drug-likeness (QED) is 0.143. The summed E-state index contributed by atoms with van der Waals surface area (Å²) in [6, 6.07) is 22.7. The zero-order valence-electron chi connectivity index (χ0n) is 25.8. The molecule has 0 N–H and O–H groups in total. The van der Waals surface area contributed by atoms with Crippen molar-refractivity contribution < 1.29 is 23.4 Å². The Morgan fingerprint density at radius 2 is 1.70 bits per heavy atom. The average Bonchev–Trinajstić information content (AvgIpc) is 3.67. The largest absolute Gasteiger partial charge is 0.490 e. The number of benzene rings is 3. The van der Waals surface area contributed by atoms with Gasteiger partial charge in [-0.1, -0.05) is 77.0 Å². The van der Waals surface area contributed by atoms with Crippen molar-refractivity contribution in [2.45, 2.75) is 26.8 Å². The number of hydrogen-bond donors (Lipinski definition) is 0. The summed E-state index contributed by atoms with van der Waals surface area (Å²) in [5.41, 5.74) is 2.28. The van der Waals surface area contributed by atoms with E-state index in [1.54, 1.807) is 55.5 Å². The molecule has 0 spiro atoms. The Balaban J connectivity index is 1.58. The lowest BCUT2D eigenvalue weighted by atomic mass is 9.93. The molecule has 2 aromatic heterocycles. The summed E-state index contributed by atoms with van der Waals surface area (Å²) in [5, 5.41) is 0.778. The van der Waals surface area contributed by atoms with Crippen LogP contribution < -0.4 is 24.4 Å². The van der Waals surface area contributed by atoms with Gasteiger partial charge in [-0.25, -0.2) is 9.79 Å². The number of ether oxygens (including phenoxy) is 3. The van der Waals surface area contributed by atoms with E-state index in [0.29, 0.717) is 78.0 Å². The summed E-state index contributed by atoms with van der Waals surface area (Å²) in [5.74, 6) is 1.42. The van der Waals surface area contributed by atoms with Crippen LogP contribution in [0.2, 0.25) is 10.0 Å². The third-order valence-electron chi connectivity index (χ3n) is 7.37. The molecule has 1 atom stereocenters. The summed E-state index contributed by atoms with van der Waals surface area (Å²) < 4.78 is 25.3. The normalized spacial score (nSPS) is 14.5. The third kappa shape index (κ3) is 6.39. The van der Waals surface area contributed by atoms with Crippen molar-refractivity contribution in [1.82, 2.24) is 4.57 Å². The van der Waals surface area contributed by atoms with Crippen LogP contribution in [-0.4, -0.2) is 30.4 Å². The van der Waals surface area contributed by atoms with Gasteiger partial charge in [0.2, 0.25) is 0 Å². The van der Waals surface area contributed by atoms with Gasteiger partial charge >= 0.3 is 5.97 Å². The number of aromatic nitrogens is 1. The van der Waals surface area contributed by atoms with Gasteiger partial charge in [0.05, 0.1) is 51.7 Å². The van der Waals surface area contributed by atoms with Crippen LogP contribution in [0.3, 0.4) is 0 Å². The molecular formula is C36H30Cl2N2O6S. The molecule has 1 aliphatic heterocycles. The standard InChI is InChI=1S/C36H30Cl2N2O6S/c1-4-43-27-17-15-22(19-28(27)44-5-2)33-30(35(42)45-6-3)32(21-11-8-7-9-12-21)39-36-40(33)34(41)29(47-36)20-23-16-18-26(46-23)24-13-10-14-25(37)31(24)38/h7-20,33H,4-6H2,1-3H3/b29-20-. The van der Waals surface area contributed by atoms with Crippen molar-refractivity contribution in [3.05, 3.63) is 131 Å². The molecule has 3 heterocycles. The Hall–Kier alpha value is -4.57. The highest BCUT2D eigenvalue weighted by Gasteiger charge is 2.35. The van der Waals surface area contributed by atoms with Crippen LogP contribution in [0, 0.1) is 0 Å². The van der Waals surface area contributed by atoms with Crippen LogP contribution >= 0.6 is 34.5 Å². The second kappa shape index (κ2) is 14.0. The summed E-state index contributed by atoms with van der Waals surface area (Å²) >= 11 is 13.8. The fraction of sp³-hybridized carbons (Fsp3) is 0.194. The zero-order chi connectivity index (χ0) is 33.1. The number of halogens is 2. The van der Waals surface area contributed by atoms with Crippen LogP contribution in [0.4, 0.5) is 0 Å². The topological polar surface area (TPSA) is 92.3 Å². The molecule has 0 amide bonds. The molecule has 0 bridgehead atoms. The predicted molar refractivity (Wildman–Crippen MR) is 184 cm³/mol. The summed E-state index contributed by atoms with van der Waals surface area (Å²) in [6.07, 6.45) is 1.66. The summed E-state index contributed by atoms with van der Waals surface area (Å²) in [6.45, 7) is 6.49. The van der Waals surface area contributed by atoms with Gasteiger partial charge in [-0.15, -0.1) is 0 Å². The molecule has 11 heteroatoms. The van der Waals surface area contributed by atoms with Crippen molar-refractivity contribution in [2.75, 3.05) is 19.8 Å². The maximum absolute atomic E-state index is 14.3. The predicted octanol–water partition coefficient (Wildman–Crippen LogP) is 7.30. The van der Waals surface area contributed by atoms with Crippen LogP contribution in [0.5, 0.6) is 11.5 Å². The first kappa shape index (κ1) is 32.4. The van der Waals surface area contributed by atoms with E-state index in [0.717, 1.165) is 0 Å². The number of nitrogens with zero attached hydrogens (tertiary/aromatic N) is 2. The fourth-order valence-electron chi connectivity index (χ4n) is 5.39. The minimum atomic E-state index is -0.880. The number of esters is 1. The van der Waals surface area contributed by atoms with E-state index < -0.39 is 12.0 Å². The van der Waals surface area contributed by atoms with Crippen LogP contribution in [0.25, 0.3) is 23.1 Å². The highest BCUT2D eigenvalue weighted by Crippen LogP contribution is 2.39. The van der Waals surface area contributed by atoms with Crippen molar-refractivity contribution in [3.8, 4) is 22.8 Å². The number of hydrogen-bond acceptors (Lipinski definition) is 8. The van der Waals surface area contributed by atoms with E-state index in [-0.39, 0.29) is 17.7 Å². The van der Waals surface area contributed by atoms with Gasteiger partial charge in [-0.3, -0.25) is 9.36 Å². The highest BCUT2D eigenvalue weighted by molar-refractivity contribution is 7.07. The lowest BCUT2D eigenvalue weighted by Crippen LogP contribution is -2.40. The first-order valence-electron chi connectivity index (χ1n) is 15.1. The molecule has 0 fully saturated rings. The first-order valence-corrected chi connectivity index (χ1v) is 16.6. The Kier molecular flexibility index (Phi) is 9.68. The monoisotopic (exact) mass is 688 g/mol. The summed E-state index contributed by atoms with van der Waals surface area (Å²) in [7, 11) is 0. The number of fused-ring (bicyclic) bond motifs is 1. The molecule has 0 saturated heterocycles. The van der Waals surface area contributed by atoms with Crippen molar-refractivity contribution in [3.63, 3.8) is 0 Å². The number of carbonyl (C=O) groups is 1. The molecule has 0 radical (unpaired) electrons. The van der Waals surface area contributed by atoms with E-state index in [1.165, 1.54) is 15.9 Å². The minimum absolute atomic E-state index is 0.145. The Morgan fingerprint density at radius 1 is 0.936 bits per heavy atom. The van der Waals surface area contributed by atoms with Gasteiger partial charge < -0.3 is 18.6 Å². The molecule has 0 saturated carbocycles. The van der Waals surface area contributed by atoms with E-state index in [4.69, 9.17) is 46.8 Å². The lowest BCUT2D eigenvalue weighted by Gasteiger charge is -2.26. The summed E-state index contributed by atoms with van der Waals surface area (Å²) in [4.78, 5) is 33.4. The molecule has 1 unspecified atom stereocenters. The highest BCUT2D eigenvalue weighted by atomic mass is 35.5. The first-order chi connectivity index (χ1) is 22.8. The number of carbonyl (C=O) groups excluding carboxylic acids is 1. The van der Waals surface area contributed by atoms with Gasteiger partial charge in [0.15, 0.2) is 16.3 Å². The van der Waals surface area contributed by atoms with Gasteiger partial charge in [0.25, 0.3) is 5.56 Å². The number of thiazole rings is 1. The van der Waals surface area contributed by atoms with E-state index >= 15 is 0 Å². The second-order valence-corrected chi connectivity index (χ2v) is 12.1. The molecule has 1 aliphatic rings. The number of furan rings is 1. The molecule has 240 valence electrons. The van der Waals surface area contributed by atoms with Gasteiger partial charge in [0, 0.05) is 17.2 Å². The Morgan fingerprint density at radius 3 is 2.45 bits per heavy atom. The third-order valence-corrected chi connectivity index (χ3v) is 9.18. The minimum Gasteiger partial charge on any atom is -0.490 e. The van der Waals surface area contributed by atoms with Gasteiger partial charge in [-0.2, -0.15) is 0 Å².